The SMILES string of the molecule is CCN(Cc1ccc(N)c(F)c1)C(=O)OC(C)(C)C. The Morgan fingerprint density at radius 3 is 2.53 bits per heavy atom. The fraction of sp³-hybridized carbons (Fsp3) is 0.500. The maximum atomic E-state index is 13.3. The molecule has 0 saturated heterocycles. The average molecular weight is 268 g/mol. The molecule has 0 aromatic heterocycles. The summed E-state index contributed by atoms with van der Waals surface area (Å²) in [5.74, 6) is -0.474. The highest BCUT2D eigenvalue weighted by atomic mass is 19.1. The van der Waals surface area contributed by atoms with E-state index >= 15 is 0 Å². The molecule has 0 fully saturated rings. The minimum atomic E-state index is -0.545. The number of hydrogen-bond acceptors (Lipinski definition) is 3. The summed E-state index contributed by atoms with van der Waals surface area (Å²) in [4.78, 5) is 13.4. The minimum Gasteiger partial charge on any atom is -0.444 e. The van der Waals surface area contributed by atoms with Crippen molar-refractivity contribution in [2.75, 3.05) is 12.3 Å². The summed E-state index contributed by atoms with van der Waals surface area (Å²) in [5, 5.41) is 0. The van der Waals surface area contributed by atoms with Gasteiger partial charge in [0.25, 0.3) is 0 Å². The van der Waals surface area contributed by atoms with Gasteiger partial charge < -0.3 is 15.4 Å². The van der Waals surface area contributed by atoms with Crippen molar-refractivity contribution in [3.63, 3.8) is 0 Å². The molecule has 4 nitrogen and oxygen atoms in total. The molecule has 0 aliphatic carbocycles. The molecule has 1 amide bonds. The molecule has 0 aliphatic heterocycles. The van der Waals surface area contributed by atoms with Gasteiger partial charge in [0.1, 0.15) is 11.4 Å². The molecular weight excluding hydrogens is 247 g/mol. The Hall–Kier alpha value is -1.78. The molecule has 0 spiro atoms. The predicted octanol–water partition coefficient (Wildman–Crippen LogP) is 3.16. The van der Waals surface area contributed by atoms with Crippen LogP contribution < -0.4 is 5.73 Å². The van der Waals surface area contributed by atoms with Crippen molar-refractivity contribution in [2.24, 2.45) is 0 Å². The zero-order valence-corrected chi connectivity index (χ0v) is 11.9. The van der Waals surface area contributed by atoms with E-state index in [2.05, 4.69) is 0 Å². The zero-order chi connectivity index (χ0) is 14.6. The van der Waals surface area contributed by atoms with Crippen molar-refractivity contribution in [3.05, 3.63) is 29.6 Å². The van der Waals surface area contributed by atoms with E-state index in [0.717, 1.165) is 0 Å². The number of nitrogens with two attached hydrogens (primary N) is 1. The van der Waals surface area contributed by atoms with E-state index in [0.29, 0.717) is 18.7 Å². The van der Waals surface area contributed by atoms with Gasteiger partial charge in [0.2, 0.25) is 0 Å². The van der Waals surface area contributed by atoms with Crippen molar-refractivity contribution < 1.29 is 13.9 Å². The summed E-state index contributed by atoms with van der Waals surface area (Å²) in [6.45, 7) is 8.05. The Morgan fingerprint density at radius 1 is 1.42 bits per heavy atom. The van der Waals surface area contributed by atoms with E-state index in [4.69, 9.17) is 10.5 Å². The number of carbonyl (C=O) groups excluding carboxylic acids is 1. The maximum absolute atomic E-state index is 13.3. The minimum absolute atomic E-state index is 0.101. The van der Waals surface area contributed by atoms with Crippen LogP contribution in [0.1, 0.15) is 33.3 Å². The first kappa shape index (κ1) is 15.3. The molecule has 0 heterocycles. The van der Waals surface area contributed by atoms with Gasteiger partial charge in [-0.1, -0.05) is 6.07 Å². The van der Waals surface area contributed by atoms with Gasteiger partial charge in [0, 0.05) is 13.1 Å². The third kappa shape index (κ3) is 4.77. The van der Waals surface area contributed by atoms with Gasteiger partial charge in [-0.25, -0.2) is 9.18 Å². The first-order chi connectivity index (χ1) is 8.73. The Balaban J connectivity index is 2.76. The molecule has 0 bridgehead atoms. The topological polar surface area (TPSA) is 55.6 Å². The number of amides is 1. The molecule has 5 heteroatoms. The van der Waals surface area contributed by atoms with Gasteiger partial charge in [-0.2, -0.15) is 0 Å². The second-order valence-electron chi connectivity index (χ2n) is 5.35. The highest BCUT2D eigenvalue weighted by molar-refractivity contribution is 5.68. The lowest BCUT2D eigenvalue weighted by molar-refractivity contribution is 0.0244. The van der Waals surface area contributed by atoms with Crippen LogP contribution >= 0.6 is 0 Å². The molecule has 2 N–H and O–H groups in total. The normalized spacial score (nSPS) is 11.2. The van der Waals surface area contributed by atoms with Crippen LogP contribution in [0.3, 0.4) is 0 Å². The lowest BCUT2D eigenvalue weighted by Crippen LogP contribution is -2.36. The summed E-state index contributed by atoms with van der Waals surface area (Å²) in [6.07, 6.45) is -0.410. The predicted molar refractivity (Wildman–Crippen MR) is 73.1 cm³/mol. The molecule has 0 saturated carbocycles. The number of carbonyl (C=O) groups is 1. The van der Waals surface area contributed by atoms with E-state index < -0.39 is 17.5 Å². The standard InChI is InChI=1S/C14H21FN2O2/c1-5-17(13(18)19-14(2,3)4)9-10-6-7-12(16)11(15)8-10/h6-8H,5,9,16H2,1-4H3. The van der Waals surface area contributed by atoms with Crippen LogP contribution in [-0.4, -0.2) is 23.1 Å². The van der Waals surface area contributed by atoms with Crippen molar-refractivity contribution in [3.8, 4) is 0 Å². The second kappa shape index (κ2) is 5.91. The molecule has 1 aromatic rings. The highest BCUT2D eigenvalue weighted by Crippen LogP contribution is 2.16. The number of rotatable bonds is 3. The van der Waals surface area contributed by atoms with Crippen LogP contribution in [0.2, 0.25) is 0 Å². The molecule has 106 valence electrons. The quantitative estimate of drug-likeness (QED) is 0.857. The van der Waals surface area contributed by atoms with Crippen LogP contribution in [0.5, 0.6) is 0 Å². The van der Waals surface area contributed by atoms with Gasteiger partial charge >= 0.3 is 6.09 Å². The van der Waals surface area contributed by atoms with Crippen molar-refractivity contribution in [2.45, 2.75) is 39.8 Å². The van der Waals surface area contributed by atoms with E-state index in [1.165, 1.54) is 17.0 Å². The fourth-order valence-corrected chi connectivity index (χ4v) is 1.52. The van der Waals surface area contributed by atoms with Gasteiger partial charge in [0.05, 0.1) is 5.69 Å². The molecule has 0 atom stereocenters. The third-order valence-corrected chi connectivity index (χ3v) is 2.47. The second-order valence-corrected chi connectivity index (χ2v) is 5.35. The lowest BCUT2D eigenvalue weighted by atomic mass is 10.2. The monoisotopic (exact) mass is 268 g/mol. The Morgan fingerprint density at radius 2 is 2.05 bits per heavy atom. The Labute approximate surface area is 113 Å². The third-order valence-electron chi connectivity index (χ3n) is 2.47. The van der Waals surface area contributed by atoms with E-state index in [-0.39, 0.29) is 5.69 Å². The van der Waals surface area contributed by atoms with Crippen molar-refractivity contribution in [1.82, 2.24) is 4.90 Å². The number of hydrogen-bond donors (Lipinski definition) is 1. The number of nitrogens with zero attached hydrogens (tertiary/aromatic N) is 1. The van der Waals surface area contributed by atoms with Crippen LogP contribution in [0.25, 0.3) is 0 Å². The van der Waals surface area contributed by atoms with Gasteiger partial charge in [0.15, 0.2) is 0 Å². The number of ether oxygens (including phenoxy) is 1. The number of benzene rings is 1. The summed E-state index contributed by atoms with van der Waals surface area (Å²) >= 11 is 0. The molecule has 1 aromatic carbocycles. The van der Waals surface area contributed by atoms with E-state index in [1.54, 1.807) is 6.07 Å². The molecule has 1 rings (SSSR count). The van der Waals surface area contributed by atoms with Crippen LogP contribution in [0, 0.1) is 5.82 Å². The van der Waals surface area contributed by atoms with Gasteiger partial charge in [-0.15, -0.1) is 0 Å². The summed E-state index contributed by atoms with van der Waals surface area (Å²) in [5.41, 5.74) is 5.65. The average Bonchev–Trinajstić information content (AvgIpc) is 2.28. The van der Waals surface area contributed by atoms with Crippen LogP contribution in [0.4, 0.5) is 14.9 Å². The summed E-state index contributed by atoms with van der Waals surface area (Å²) < 4.78 is 18.6. The maximum Gasteiger partial charge on any atom is 0.410 e. The van der Waals surface area contributed by atoms with E-state index in [9.17, 15) is 9.18 Å². The van der Waals surface area contributed by atoms with Crippen LogP contribution in [0.15, 0.2) is 18.2 Å². The molecule has 19 heavy (non-hydrogen) atoms. The number of halogens is 1. The Bertz CT molecular complexity index is 455. The zero-order valence-electron chi connectivity index (χ0n) is 11.9. The summed E-state index contributed by atoms with van der Waals surface area (Å²) in [6, 6.07) is 4.53. The largest absolute Gasteiger partial charge is 0.444 e. The fourth-order valence-electron chi connectivity index (χ4n) is 1.52. The highest BCUT2D eigenvalue weighted by Gasteiger charge is 2.21. The number of nitrogen functional groups attached to an aromatic ring is 1. The van der Waals surface area contributed by atoms with Crippen LogP contribution in [-0.2, 0) is 11.3 Å². The lowest BCUT2D eigenvalue weighted by Gasteiger charge is -2.26. The molecular formula is C14H21FN2O2. The summed E-state index contributed by atoms with van der Waals surface area (Å²) in [7, 11) is 0. The van der Waals surface area contributed by atoms with Gasteiger partial charge in [-0.3, -0.25) is 0 Å². The van der Waals surface area contributed by atoms with Crippen molar-refractivity contribution >= 4 is 11.8 Å². The first-order valence-corrected chi connectivity index (χ1v) is 6.24. The molecule has 0 unspecified atom stereocenters. The van der Waals surface area contributed by atoms with E-state index in [1.807, 2.05) is 27.7 Å². The Kier molecular flexibility index (Phi) is 4.75. The molecule has 0 aliphatic rings. The first-order valence-electron chi connectivity index (χ1n) is 6.24. The van der Waals surface area contributed by atoms with Gasteiger partial charge in [-0.05, 0) is 45.4 Å². The molecule has 0 radical (unpaired) electrons. The number of anilines is 1. The van der Waals surface area contributed by atoms with Crippen molar-refractivity contribution in [1.29, 1.82) is 0 Å². The smallest absolute Gasteiger partial charge is 0.410 e.